The Labute approximate surface area is 110 Å². The highest BCUT2D eigenvalue weighted by molar-refractivity contribution is 5.46. The molecule has 0 spiro atoms. The Hall–Kier alpha value is -1.10. The van der Waals surface area contributed by atoms with Crippen molar-refractivity contribution < 1.29 is 0 Å². The van der Waals surface area contributed by atoms with Crippen LogP contribution in [0.25, 0.3) is 0 Å². The van der Waals surface area contributed by atoms with Crippen LogP contribution < -0.4 is 16.4 Å². The number of nitrogens with zero attached hydrogens (tertiary/aromatic N) is 2. The molecule has 1 aliphatic rings. The Balaban J connectivity index is 1.78. The van der Waals surface area contributed by atoms with Crippen molar-refractivity contribution in [3.63, 3.8) is 0 Å². The van der Waals surface area contributed by atoms with E-state index >= 15 is 0 Å². The van der Waals surface area contributed by atoms with Crippen LogP contribution in [0.5, 0.6) is 0 Å². The van der Waals surface area contributed by atoms with E-state index in [0.717, 1.165) is 39.1 Å². The fourth-order valence-electron chi connectivity index (χ4n) is 2.46. The SMILES string of the molecule is NCC[C@H](N)CN1CCN(c2ccccc2)CC1. The quantitative estimate of drug-likeness (QED) is 0.796. The number of benzene rings is 1. The van der Waals surface area contributed by atoms with Crippen LogP contribution in [0.2, 0.25) is 0 Å². The van der Waals surface area contributed by atoms with Crippen LogP contribution in [0.3, 0.4) is 0 Å². The minimum atomic E-state index is 0.221. The molecule has 0 bridgehead atoms. The first-order valence-electron chi connectivity index (χ1n) is 6.77. The van der Waals surface area contributed by atoms with E-state index in [-0.39, 0.29) is 6.04 Å². The summed E-state index contributed by atoms with van der Waals surface area (Å²) in [5.41, 5.74) is 12.9. The van der Waals surface area contributed by atoms with Crippen LogP contribution >= 0.6 is 0 Å². The lowest BCUT2D eigenvalue weighted by Crippen LogP contribution is -2.50. The molecule has 4 nitrogen and oxygen atoms in total. The van der Waals surface area contributed by atoms with E-state index in [9.17, 15) is 0 Å². The maximum Gasteiger partial charge on any atom is 0.0367 e. The first-order valence-corrected chi connectivity index (χ1v) is 6.77. The van der Waals surface area contributed by atoms with Crippen molar-refractivity contribution in [3.05, 3.63) is 30.3 Å². The van der Waals surface area contributed by atoms with E-state index in [1.807, 2.05) is 0 Å². The molecular formula is C14H24N4. The summed E-state index contributed by atoms with van der Waals surface area (Å²) in [5, 5.41) is 0. The third kappa shape index (κ3) is 3.70. The van der Waals surface area contributed by atoms with Crippen molar-refractivity contribution >= 4 is 5.69 Å². The molecule has 0 amide bonds. The molecule has 0 radical (unpaired) electrons. The van der Waals surface area contributed by atoms with Gasteiger partial charge in [-0.3, -0.25) is 4.90 Å². The molecule has 0 saturated carbocycles. The van der Waals surface area contributed by atoms with E-state index in [0.29, 0.717) is 6.54 Å². The van der Waals surface area contributed by atoms with Crippen molar-refractivity contribution in [2.75, 3.05) is 44.2 Å². The predicted molar refractivity (Wildman–Crippen MR) is 76.7 cm³/mol. The van der Waals surface area contributed by atoms with E-state index in [1.165, 1.54) is 5.69 Å². The van der Waals surface area contributed by atoms with Crippen molar-refractivity contribution in [2.24, 2.45) is 11.5 Å². The van der Waals surface area contributed by atoms with E-state index in [1.54, 1.807) is 0 Å². The molecule has 1 aromatic carbocycles. The lowest BCUT2D eigenvalue weighted by molar-refractivity contribution is 0.240. The standard InChI is InChI=1S/C14H24N4/c15-7-6-13(16)12-17-8-10-18(11-9-17)14-4-2-1-3-5-14/h1-5,13H,6-12,15-16H2/t13-/m0/s1. The first-order chi connectivity index (χ1) is 8.79. The molecular weight excluding hydrogens is 224 g/mol. The lowest BCUT2D eigenvalue weighted by Gasteiger charge is -2.37. The number of para-hydroxylation sites is 1. The molecule has 4 heteroatoms. The number of nitrogens with two attached hydrogens (primary N) is 2. The van der Waals surface area contributed by atoms with Gasteiger partial charge in [-0.15, -0.1) is 0 Å². The Morgan fingerprint density at radius 3 is 2.33 bits per heavy atom. The Kier molecular flexibility index (Phi) is 4.99. The molecule has 1 fully saturated rings. The number of hydrogen-bond acceptors (Lipinski definition) is 4. The van der Waals surface area contributed by atoms with Gasteiger partial charge < -0.3 is 16.4 Å². The van der Waals surface area contributed by atoms with Gasteiger partial charge in [0.15, 0.2) is 0 Å². The lowest BCUT2D eigenvalue weighted by atomic mass is 10.2. The van der Waals surface area contributed by atoms with Crippen LogP contribution in [0.4, 0.5) is 5.69 Å². The number of anilines is 1. The summed E-state index contributed by atoms with van der Waals surface area (Å²) in [6.07, 6.45) is 0.916. The number of hydrogen-bond donors (Lipinski definition) is 2. The monoisotopic (exact) mass is 248 g/mol. The third-order valence-electron chi connectivity index (χ3n) is 3.52. The summed E-state index contributed by atoms with van der Waals surface area (Å²) in [5.74, 6) is 0. The minimum absolute atomic E-state index is 0.221. The molecule has 1 aliphatic heterocycles. The molecule has 1 saturated heterocycles. The molecule has 100 valence electrons. The maximum atomic E-state index is 6.03. The summed E-state index contributed by atoms with van der Waals surface area (Å²) < 4.78 is 0. The summed E-state index contributed by atoms with van der Waals surface area (Å²) in [6.45, 7) is 6.00. The van der Waals surface area contributed by atoms with E-state index in [4.69, 9.17) is 11.5 Å². The molecule has 0 aromatic heterocycles. The van der Waals surface area contributed by atoms with Gasteiger partial charge in [0.2, 0.25) is 0 Å². The molecule has 0 aliphatic carbocycles. The third-order valence-corrected chi connectivity index (χ3v) is 3.52. The second-order valence-corrected chi connectivity index (χ2v) is 4.96. The van der Waals surface area contributed by atoms with Crippen molar-refractivity contribution in [2.45, 2.75) is 12.5 Å². The largest absolute Gasteiger partial charge is 0.369 e. The second kappa shape index (κ2) is 6.73. The maximum absolute atomic E-state index is 6.03. The van der Waals surface area contributed by atoms with Crippen LogP contribution in [-0.2, 0) is 0 Å². The first kappa shape index (κ1) is 13.3. The number of piperazine rings is 1. The summed E-state index contributed by atoms with van der Waals surface area (Å²) in [7, 11) is 0. The van der Waals surface area contributed by atoms with Crippen LogP contribution in [0.15, 0.2) is 30.3 Å². The van der Waals surface area contributed by atoms with E-state index in [2.05, 4.69) is 40.1 Å². The minimum Gasteiger partial charge on any atom is -0.369 e. The summed E-state index contributed by atoms with van der Waals surface area (Å²) >= 11 is 0. The van der Waals surface area contributed by atoms with Gasteiger partial charge in [-0.2, -0.15) is 0 Å². The van der Waals surface area contributed by atoms with Crippen LogP contribution in [0, 0.1) is 0 Å². The molecule has 2 rings (SSSR count). The van der Waals surface area contributed by atoms with Crippen molar-refractivity contribution in [1.29, 1.82) is 0 Å². The van der Waals surface area contributed by atoms with Crippen LogP contribution in [-0.4, -0.2) is 50.2 Å². The van der Waals surface area contributed by atoms with Crippen molar-refractivity contribution in [3.8, 4) is 0 Å². The van der Waals surface area contributed by atoms with Gasteiger partial charge in [-0.1, -0.05) is 18.2 Å². The zero-order valence-corrected chi connectivity index (χ0v) is 11.0. The summed E-state index contributed by atoms with van der Waals surface area (Å²) in [6, 6.07) is 10.8. The van der Waals surface area contributed by atoms with Gasteiger partial charge in [-0.25, -0.2) is 0 Å². The predicted octanol–water partition coefficient (Wildman–Crippen LogP) is 0.485. The van der Waals surface area contributed by atoms with Gasteiger partial charge in [0.05, 0.1) is 0 Å². The van der Waals surface area contributed by atoms with Gasteiger partial charge in [0.1, 0.15) is 0 Å². The molecule has 4 N–H and O–H groups in total. The zero-order chi connectivity index (χ0) is 12.8. The average molecular weight is 248 g/mol. The van der Waals surface area contributed by atoms with E-state index < -0.39 is 0 Å². The fraction of sp³-hybridized carbons (Fsp3) is 0.571. The molecule has 1 heterocycles. The molecule has 1 aromatic rings. The smallest absolute Gasteiger partial charge is 0.0367 e. The van der Waals surface area contributed by atoms with Crippen molar-refractivity contribution in [1.82, 2.24) is 4.90 Å². The Morgan fingerprint density at radius 1 is 1.06 bits per heavy atom. The highest BCUT2D eigenvalue weighted by Gasteiger charge is 2.18. The summed E-state index contributed by atoms with van der Waals surface area (Å²) in [4.78, 5) is 4.88. The average Bonchev–Trinajstić information content (AvgIpc) is 2.41. The van der Waals surface area contributed by atoms with Gasteiger partial charge in [0.25, 0.3) is 0 Å². The Morgan fingerprint density at radius 2 is 1.72 bits per heavy atom. The van der Waals surface area contributed by atoms with Crippen LogP contribution in [0.1, 0.15) is 6.42 Å². The van der Waals surface area contributed by atoms with Gasteiger partial charge >= 0.3 is 0 Å². The fourth-order valence-corrected chi connectivity index (χ4v) is 2.46. The molecule has 0 unspecified atom stereocenters. The zero-order valence-electron chi connectivity index (χ0n) is 11.0. The van der Waals surface area contributed by atoms with Gasteiger partial charge in [-0.05, 0) is 25.1 Å². The second-order valence-electron chi connectivity index (χ2n) is 4.96. The highest BCUT2D eigenvalue weighted by Crippen LogP contribution is 2.15. The topological polar surface area (TPSA) is 58.5 Å². The number of rotatable bonds is 5. The normalized spacial score (nSPS) is 18.9. The highest BCUT2D eigenvalue weighted by atomic mass is 15.3. The molecule has 1 atom stereocenters. The Bertz CT molecular complexity index is 333. The van der Waals surface area contributed by atoms with Gasteiger partial charge in [0, 0.05) is 44.5 Å². The molecule has 18 heavy (non-hydrogen) atoms.